The Labute approximate surface area is 128 Å². The minimum absolute atomic E-state index is 0.0594. The number of benzene rings is 1. The molecule has 1 aromatic carbocycles. The van der Waals surface area contributed by atoms with Gasteiger partial charge in [-0.05, 0) is 49.6 Å². The van der Waals surface area contributed by atoms with Crippen LogP contribution in [0.15, 0.2) is 35.8 Å². The van der Waals surface area contributed by atoms with Gasteiger partial charge in [0.05, 0.1) is 6.04 Å². The fourth-order valence-corrected chi connectivity index (χ4v) is 3.33. The molecule has 1 fully saturated rings. The van der Waals surface area contributed by atoms with Crippen molar-refractivity contribution in [1.82, 2.24) is 10.3 Å². The highest BCUT2D eigenvalue weighted by atomic mass is 32.1. The number of rotatable bonds is 3. The van der Waals surface area contributed by atoms with Gasteiger partial charge in [-0.25, -0.2) is 4.98 Å². The monoisotopic (exact) mass is 301 g/mol. The SMILES string of the molecule is CC1CCCNC1C(=O)Nc1ccc(-c2nccs2)cc1. The summed E-state index contributed by atoms with van der Waals surface area (Å²) in [6.07, 6.45) is 4.05. The Morgan fingerprint density at radius 3 is 2.86 bits per heavy atom. The molecule has 2 N–H and O–H groups in total. The van der Waals surface area contributed by atoms with E-state index in [4.69, 9.17) is 0 Å². The summed E-state index contributed by atoms with van der Waals surface area (Å²) < 4.78 is 0. The molecule has 1 aliphatic rings. The van der Waals surface area contributed by atoms with E-state index in [0.29, 0.717) is 5.92 Å². The van der Waals surface area contributed by atoms with Gasteiger partial charge in [-0.3, -0.25) is 4.79 Å². The second-order valence-corrected chi connectivity index (χ2v) is 6.35. The van der Waals surface area contributed by atoms with Crippen molar-refractivity contribution >= 4 is 22.9 Å². The van der Waals surface area contributed by atoms with Gasteiger partial charge in [0.15, 0.2) is 0 Å². The summed E-state index contributed by atoms with van der Waals surface area (Å²) in [4.78, 5) is 16.6. The molecule has 2 heterocycles. The van der Waals surface area contributed by atoms with Crippen LogP contribution in [0.2, 0.25) is 0 Å². The van der Waals surface area contributed by atoms with Gasteiger partial charge in [-0.15, -0.1) is 11.3 Å². The number of carbonyl (C=O) groups excluding carboxylic acids is 1. The average molecular weight is 301 g/mol. The van der Waals surface area contributed by atoms with Crippen LogP contribution in [-0.4, -0.2) is 23.5 Å². The van der Waals surface area contributed by atoms with Crippen LogP contribution in [0.3, 0.4) is 0 Å². The average Bonchev–Trinajstić information content (AvgIpc) is 3.02. The first-order chi connectivity index (χ1) is 10.2. The maximum absolute atomic E-state index is 12.3. The number of nitrogens with one attached hydrogen (secondary N) is 2. The van der Waals surface area contributed by atoms with E-state index in [2.05, 4.69) is 22.5 Å². The Balaban J connectivity index is 1.66. The zero-order valence-electron chi connectivity index (χ0n) is 12.0. The molecule has 2 atom stereocenters. The second kappa shape index (κ2) is 6.37. The molecule has 0 spiro atoms. The number of thiazole rings is 1. The van der Waals surface area contributed by atoms with Gasteiger partial charge in [-0.1, -0.05) is 6.92 Å². The van der Waals surface area contributed by atoms with Crippen molar-refractivity contribution in [1.29, 1.82) is 0 Å². The van der Waals surface area contributed by atoms with Gasteiger partial charge in [0, 0.05) is 22.8 Å². The van der Waals surface area contributed by atoms with Crippen molar-refractivity contribution in [2.75, 3.05) is 11.9 Å². The number of amides is 1. The lowest BCUT2D eigenvalue weighted by Crippen LogP contribution is -2.48. The van der Waals surface area contributed by atoms with Crippen LogP contribution in [-0.2, 0) is 4.79 Å². The van der Waals surface area contributed by atoms with Crippen LogP contribution >= 0.6 is 11.3 Å². The molecule has 2 aromatic rings. The highest BCUT2D eigenvalue weighted by molar-refractivity contribution is 7.13. The molecule has 1 saturated heterocycles. The predicted octanol–water partition coefficient (Wildman–Crippen LogP) is 3.14. The van der Waals surface area contributed by atoms with E-state index in [-0.39, 0.29) is 11.9 Å². The molecule has 0 aliphatic carbocycles. The molecule has 110 valence electrons. The zero-order valence-corrected chi connectivity index (χ0v) is 12.8. The number of carbonyl (C=O) groups is 1. The Morgan fingerprint density at radius 2 is 2.19 bits per heavy atom. The first-order valence-corrected chi connectivity index (χ1v) is 8.16. The maximum Gasteiger partial charge on any atom is 0.241 e. The normalized spacial score (nSPS) is 22.0. The first-order valence-electron chi connectivity index (χ1n) is 7.28. The van der Waals surface area contributed by atoms with Crippen molar-refractivity contribution in [2.24, 2.45) is 5.92 Å². The number of anilines is 1. The van der Waals surface area contributed by atoms with Crippen LogP contribution in [0.5, 0.6) is 0 Å². The highest BCUT2D eigenvalue weighted by Crippen LogP contribution is 2.24. The topological polar surface area (TPSA) is 54.0 Å². The van der Waals surface area contributed by atoms with Gasteiger partial charge >= 0.3 is 0 Å². The Morgan fingerprint density at radius 1 is 1.38 bits per heavy atom. The lowest BCUT2D eigenvalue weighted by molar-refractivity contribution is -0.119. The lowest BCUT2D eigenvalue weighted by atomic mass is 9.92. The van der Waals surface area contributed by atoms with Crippen molar-refractivity contribution in [3.63, 3.8) is 0 Å². The quantitative estimate of drug-likeness (QED) is 0.915. The third-order valence-electron chi connectivity index (χ3n) is 3.88. The Bertz CT molecular complexity index is 594. The summed E-state index contributed by atoms with van der Waals surface area (Å²) >= 11 is 1.61. The number of piperidine rings is 1. The van der Waals surface area contributed by atoms with Crippen LogP contribution in [0.25, 0.3) is 10.6 Å². The number of hydrogen-bond donors (Lipinski definition) is 2. The van der Waals surface area contributed by atoms with E-state index >= 15 is 0 Å². The van der Waals surface area contributed by atoms with E-state index in [0.717, 1.165) is 35.6 Å². The van der Waals surface area contributed by atoms with Crippen LogP contribution < -0.4 is 10.6 Å². The third-order valence-corrected chi connectivity index (χ3v) is 4.71. The molecule has 3 rings (SSSR count). The van der Waals surface area contributed by atoms with Crippen LogP contribution in [0, 0.1) is 5.92 Å². The van der Waals surface area contributed by atoms with Gasteiger partial charge in [0.25, 0.3) is 0 Å². The van der Waals surface area contributed by atoms with Crippen molar-refractivity contribution < 1.29 is 4.79 Å². The Kier molecular flexibility index (Phi) is 4.31. The molecular formula is C16H19N3OS. The van der Waals surface area contributed by atoms with E-state index in [1.54, 1.807) is 17.5 Å². The largest absolute Gasteiger partial charge is 0.325 e. The standard InChI is InChI=1S/C16H19N3OS/c1-11-3-2-8-17-14(11)15(20)19-13-6-4-12(5-7-13)16-18-9-10-21-16/h4-7,9-11,14,17H,2-3,8H2,1H3,(H,19,20). The molecule has 0 saturated carbocycles. The molecule has 1 aliphatic heterocycles. The molecule has 2 unspecified atom stereocenters. The van der Waals surface area contributed by atoms with E-state index in [9.17, 15) is 4.79 Å². The molecule has 4 nitrogen and oxygen atoms in total. The fraction of sp³-hybridized carbons (Fsp3) is 0.375. The smallest absolute Gasteiger partial charge is 0.241 e. The second-order valence-electron chi connectivity index (χ2n) is 5.46. The summed E-state index contributed by atoms with van der Waals surface area (Å²) in [6, 6.07) is 7.76. The highest BCUT2D eigenvalue weighted by Gasteiger charge is 2.27. The van der Waals surface area contributed by atoms with Crippen LogP contribution in [0.4, 0.5) is 5.69 Å². The third kappa shape index (κ3) is 3.31. The van der Waals surface area contributed by atoms with Crippen molar-refractivity contribution in [2.45, 2.75) is 25.8 Å². The minimum Gasteiger partial charge on any atom is -0.325 e. The van der Waals surface area contributed by atoms with Gasteiger partial charge in [-0.2, -0.15) is 0 Å². The van der Waals surface area contributed by atoms with Gasteiger partial charge < -0.3 is 10.6 Å². The number of nitrogens with zero attached hydrogens (tertiary/aromatic N) is 1. The van der Waals surface area contributed by atoms with E-state index < -0.39 is 0 Å². The lowest BCUT2D eigenvalue weighted by Gasteiger charge is -2.28. The fourth-order valence-electron chi connectivity index (χ4n) is 2.68. The summed E-state index contributed by atoms with van der Waals surface area (Å²) in [5, 5.41) is 9.25. The maximum atomic E-state index is 12.3. The van der Waals surface area contributed by atoms with Gasteiger partial charge in [0.1, 0.15) is 5.01 Å². The van der Waals surface area contributed by atoms with Crippen molar-refractivity contribution in [3.05, 3.63) is 35.8 Å². The molecule has 5 heteroatoms. The predicted molar refractivity (Wildman–Crippen MR) is 86.4 cm³/mol. The van der Waals surface area contributed by atoms with Gasteiger partial charge in [0.2, 0.25) is 5.91 Å². The molecular weight excluding hydrogens is 282 g/mol. The number of aromatic nitrogens is 1. The summed E-state index contributed by atoms with van der Waals surface area (Å²) in [6.45, 7) is 3.05. The Hall–Kier alpha value is -1.72. The zero-order chi connectivity index (χ0) is 14.7. The minimum atomic E-state index is -0.0858. The molecule has 21 heavy (non-hydrogen) atoms. The van der Waals surface area contributed by atoms with Crippen LogP contribution in [0.1, 0.15) is 19.8 Å². The molecule has 1 amide bonds. The van der Waals surface area contributed by atoms with E-state index in [1.807, 2.05) is 29.6 Å². The van der Waals surface area contributed by atoms with Crippen molar-refractivity contribution in [3.8, 4) is 10.6 Å². The molecule has 0 radical (unpaired) electrons. The summed E-state index contributed by atoms with van der Waals surface area (Å²) in [7, 11) is 0. The summed E-state index contributed by atoms with van der Waals surface area (Å²) in [5.41, 5.74) is 1.91. The van der Waals surface area contributed by atoms with E-state index in [1.165, 1.54) is 0 Å². The first kappa shape index (κ1) is 14.2. The molecule has 0 bridgehead atoms. The number of hydrogen-bond acceptors (Lipinski definition) is 4. The molecule has 1 aromatic heterocycles. The summed E-state index contributed by atoms with van der Waals surface area (Å²) in [5.74, 6) is 0.442.